The van der Waals surface area contributed by atoms with Gasteiger partial charge in [-0.25, -0.2) is 4.39 Å². The Morgan fingerprint density at radius 2 is 1.74 bits per heavy atom. The third-order valence-electron chi connectivity index (χ3n) is 5.06. The van der Waals surface area contributed by atoms with Crippen LogP contribution in [-0.4, -0.2) is 48.6 Å². The van der Waals surface area contributed by atoms with Gasteiger partial charge < -0.3 is 24.1 Å². The van der Waals surface area contributed by atoms with Gasteiger partial charge in [-0.15, -0.1) is 0 Å². The van der Waals surface area contributed by atoms with Crippen molar-refractivity contribution in [2.24, 2.45) is 0 Å². The van der Waals surface area contributed by atoms with Gasteiger partial charge in [-0.2, -0.15) is 0 Å². The average Bonchev–Trinajstić information content (AvgIpc) is 3.13. The largest absolute Gasteiger partial charge is 0.478 e. The van der Waals surface area contributed by atoms with Crippen LogP contribution in [0.2, 0.25) is 0 Å². The number of nitrogens with one attached hydrogen (secondary N) is 1. The molecule has 31 heavy (non-hydrogen) atoms. The Bertz CT molecular complexity index is 1100. The topological polar surface area (TPSA) is 81.0 Å². The molecule has 0 spiro atoms. The number of hydrogen-bond donors (Lipinski definition) is 1. The molecule has 3 aromatic rings. The van der Waals surface area contributed by atoms with E-state index in [2.05, 4.69) is 5.32 Å². The summed E-state index contributed by atoms with van der Waals surface area (Å²) in [6, 6.07) is 12.5. The number of morpholine rings is 1. The van der Waals surface area contributed by atoms with E-state index in [1.54, 1.807) is 43.0 Å². The highest BCUT2D eigenvalue weighted by Crippen LogP contribution is 2.33. The molecule has 2 aromatic carbocycles. The van der Waals surface area contributed by atoms with Crippen molar-refractivity contribution in [2.45, 2.75) is 19.4 Å². The number of fused-ring (bicyclic) bond motifs is 1. The minimum absolute atomic E-state index is 0.0639. The highest BCUT2D eigenvalue weighted by molar-refractivity contribution is 6.12. The quantitative estimate of drug-likeness (QED) is 0.671. The number of hydrogen-bond acceptors (Lipinski definition) is 5. The number of rotatable bonds is 5. The van der Waals surface area contributed by atoms with Crippen LogP contribution in [0.3, 0.4) is 0 Å². The zero-order valence-electron chi connectivity index (χ0n) is 17.3. The molecule has 1 N–H and O–H groups in total. The molecule has 162 valence electrons. The molecule has 4 rings (SSSR count). The van der Waals surface area contributed by atoms with Crippen molar-refractivity contribution in [1.82, 2.24) is 4.90 Å². The van der Waals surface area contributed by atoms with E-state index in [1.807, 2.05) is 0 Å². The minimum atomic E-state index is -1.30. The number of anilines is 1. The number of amides is 2. The van der Waals surface area contributed by atoms with Gasteiger partial charge in [0.25, 0.3) is 11.8 Å². The van der Waals surface area contributed by atoms with E-state index in [0.717, 1.165) is 0 Å². The van der Waals surface area contributed by atoms with Crippen molar-refractivity contribution in [3.63, 3.8) is 0 Å². The molecule has 1 aromatic heterocycles. The normalized spacial score (nSPS) is 14.5. The average molecular weight is 426 g/mol. The SMILES string of the molecule is CC(C)(Oc1ccc(F)cc1)C(=O)Nc1c(C(=O)N2CCOCC2)oc2ccccc12. The summed E-state index contributed by atoms with van der Waals surface area (Å²) in [5, 5.41) is 3.43. The second-order valence-electron chi connectivity index (χ2n) is 7.73. The van der Waals surface area contributed by atoms with E-state index >= 15 is 0 Å². The number of nitrogens with zero attached hydrogens (tertiary/aromatic N) is 1. The zero-order valence-corrected chi connectivity index (χ0v) is 17.3. The van der Waals surface area contributed by atoms with E-state index in [-0.39, 0.29) is 11.7 Å². The van der Waals surface area contributed by atoms with Gasteiger partial charge in [0.2, 0.25) is 5.76 Å². The minimum Gasteiger partial charge on any atom is -0.478 e. The van der Waals surface area contributed by atoms with Gasteiger partial charge in [0, 0.05) is 18.5 Å². The van der Waals surface area contributed by atoms with Crippen molar-refractivity contribution >= 4 is 28.5 Å². The summed E-state index contributed by atoms with van der Waals surface area (Å²) in [6.45, 7) is 4.98. The van der Waals surface area contributed by atoms with Crippen LogP contribution in [0.25, 0.3) is 11.0 Å². The third-order valence-corrected chi connectivity index (χ3v) is 5.06. The Hall–Kier alpha value is -3.39. The maximum absolute atomic E-state index is 13.2. The summed E-state index contributed by atoms with van der Waals surface area (Å²) in [5.41, 5.74) is -0.505. The van der Waals surface area contributed by atoms with Crippen molar-refractivity contribution in [2.75, 3.05) is 31.6 Å². The molecule has 0 unspecified atom stereocenters. The predicted molar refractivity (Wildman–Crippen MR) is 113 cm³/mol. The first-order valence-corrected chi connectivity index (χ1v) is 10.00. The first kappa shape index (κ1) is 20.9. The summed E-state index contributed by atoms with van der Waals surface area (Å²) in [4.78, 5) is 27.8. The molecule has 1 aliphatic rings. The molecule has 1 saturated heterocycles. The van der Waals surface area contributed by atoms with Gasteiger partial charge in [0.1, 0.15) is 22.8 Å². The van der Waals surface area contributed by atoms with Crippen LogP contribution in [0, 0.1) is 5.82 Å². The van der Waals surface area contributed by atoms with Crippen LogP contribution in [0.5, 0.6) is 5.75 Å². The van der Waals surface area contributed by atoms with Crippen LogP contribution < -0.4 is 10.1 Å². The van der Waals surface area contributed by atoms with Gasteiger partial charge in [0.05, 0.1) is 13.2 Å². The Morgan fingerprint density at radius 1 is 1.06 bits per heavy atom. The lowest BCUT2D eigenvalue weighted by Crippen LogP contribution is -2.43. The van der Waals surface area contributed by atoms with Crippen LogP contribution in [0.1, 0.15) is 24.4 Å². The van der Waals surface area contributed by atoms with Crippen molar-refractivity contribution < 1.29 is 27.9 Å². The van der Waals surface area contributed by atoms with Gasteiger partial charge in [0.15, 0.2) is 5.60 Å². The first-order chi connectivity index (χ1) is 14.8. The Kier molecular flexibility index (Phi) is 5.65. The van der Waals surface area contributed by atoms with Crippen molar-refractivity contribution in [3.8, 4) is 5.75 Å². The maximum Gasteiger partial charge on any atom is 0.291 e. The fourth-order valence-corrected chi connectivity index (χ4v) is 3.34. The molecule has 2 heterocycles. The first-order valence-electron chi connectivity index (χ1n) is 10.00. The molecular formula is C23H23FN2O5. The lowest BCUT2D eigenvalue weighted by atomic mass is 10.1. The summed E-state index contributed by atoms with van der Waals surface area (Å²) in [6.07, 6.45) is 0. The molecule has 8 heteroatoms. The van der Waals surface area contributed by atoms with Crippen LogP contribution in [-0.2, 0) is 9.53 Å². The standard InChI is InChI=1S/C23H23FN2O5/c1-23(2,31-16-9-7-15(24)8-10-16)22(28)25-19-17-5-3-4-6-18(17)30-20(19)21(27)26-11-13-29-14-12-26/h3-10H,11-14H2,1-2H3,(H,25,28). The van der Waals surface area contributed by atoms with Gasteiger partial charge in [-0.3, -0.25) is 9.59 Å². The fraction of sp³-hybridized carbons (Fsp3) is 0.304. The second-order valence-corrected chi connectivity index (χ2v) is 7.73. The summed E-state index contributed by atoms with van der Waals surface area (Å²) in [5.74, 6) is -0.769. The molecule has 0 aliphatic carbocycles. The lowest BCUT2D eigenvalue weighted by molar-refractivity contribution is -0.128. The molecule has 7 nitrogen and oxygen atoms in total. The number of carbonyl (C=O) groups excluding carboxylic acids is 2. The molecule has 0 atom stereocenters. The van der Waals surface area contributed by atoms with Crippen molar-refractivity contribution in [3.05, 3.63) is 60.1 Å². The van der Waals surface area contributed by atoms with Gasteiger partial charge in [-0.05, 0) is 50.2 Å². The smallest absolute Gasteiger partial charge is 0.291 e. The third kappa shape index (κ3) is 4.39. The Labute approximate surface area is 178 Å². The van der Waals surface area contributed by atoms with Crippen LogP contribution >= 0.6 is 0 Å². The monoisotopic (exact) mass is 426 g/mol. The second kappa shape index (κ2) is 8.39. The Morgan fingerprint density at radius 3 is 2.45 bits per heavy atom. The summed E-state index contributed by atoms with van der Waals surface area (Å²) >= 11 is 0. The Balaban J connectivity index is 1.62. The molecule has 0 radical (unpaired) electrons. The highest BCUT2D eigenvalue weighted by Gasteiger charge is 2.34. The van der Waals surface area contributed by atoms with E-state index in [9.17, 15) is 14.0 Å². The van der Waals surface area contributed by atoms with E-state index < -0.39 is 17.3 Å². The van der Waals surface area contributed by atoms with Crippen LogP contribution in [0.15, 0.2) is 52.9 Å². The molecule has 1 fully saturated rings. The number of ether oxygens (including phenoxy) is 2. The van der Waals surface area contributed by atoms with E-state index in [1.165, 1.54) is 24.3 Å². The number of furan rings is 1. The zero-order chi connectivity index (χ0) is 22.0. The molecule has 2 amide bonds. The fourth-order valence-electron chi connectivity index (χ4n) is 3.34. The highest BCUT2D eigenvalue weighted by atomic mass is 19.1. The number of benzene rings is 2. The van der Waals surface area contributed by atoms with Gasteiger partial charge in [-0.1, -0.05) is 12.1 Å². The maximum atomic E-state index is 13.2. The molecular weight excluding hydrogens is 403 g/mol. The van der Waals surface area contributed by atoms with Gasteiger partial charge >= 0.3 is 0 Å². The molecule has 0 bridgehead atoms. The number of halogens is 1. The molecule has 0 saturated carbocycles. The summed E-state index contributed by atoms with van der Waals surface area (Å²) < 4.78 is 30.1. The van der Waals surface area contributed by atoms with Crippen LogP contribution in [0.4, 0.5) is 10.1 Å². The van der Waals surface area contributed by atoms with Crippen molar-refractivity contribution in [1.29, 1.82) is 0 Å². The van der Waals surface area contributed by atoms with E-state index in [0.29, 0.717) is 48.7 Å². The predicted octanol–water partition coefficient (Wildman–Crippen LogP) is 3.84. The van der Waals surface area contributed by atoms with E-state index in [4.69, 9.17) is 13.9 Å². The number of carbonyl (C=O) groups is 2. The number of para-hydroxylation sites is 1. The lowest BCUT2D eigenvalue weighted by Gasteiger charge is -2.27. The molecule has 1 aliphatic heterocycles. The summed E-state index contributed by atoms with van der Waals surface area (Å²) in [7, 11) is 0.